The van der Waals surface area contributed by atoms with Crippen molar-refractivity contribution in [1.29, 1.82) is 0 Å². The Bertz CT molecular complexity index is 942. The van der Waals surface area contributed by atoms with Crippen molar-refractivity contribution < 1.29 is 4.79 Å². The molecule has 0 bridgehead atoms. The van der Waals surface area contributed by atoms with Gasteiger partial charge in [0.25, 0.3) is 0 Å². The number of thiazole rings is 1. The fraction of sp³-hybridized carbons (Fsp3) is 0.417. The second kappa shape index (κ2) is 9.06. The fourth-order valence-corrected chi connectivity index (χ4v) is 5.19. The molecule has 1 aliphatic rings. The first-order chi connectivity index (χ1) is 14.1. The molecule has 0 aliphatic carbocycles. The van der Waals surface area contributed by atoms with E-state index >= 15 is 0 Å². The third-order valence-corrected chi connectivity index (χ3v) is 7.19. The van der Waals surface area contributed by atoms with Crippen molar-refractivity contribution in [2.75, 3.05) is 25.0 Å². The van der Waals surface area contributed by atoms with Crippen LogP contribution in [0.5, 0.6) is 0 Å². The highest BCUT2D eigenvalue weighted by atomic mass is 32.1. The van der Waals surface area contributed by atoms with Gasteiger partial charge in [0.15, 0.2) is 0 Å². The summed E-state index contributed by atoms with van der Waals surface area (Å²) in [5, 5.41) is 4.39. The number of benzene rings is 2. The minimum atomic E-state index is 0.0826. The zero-order chi connectivity index (χ0) is 20.2. The molecule has 2 heterocycles. The van der Waals surface area contributed by atoms with Crippen molar-refractivity contribution in [3.63, 3.8) is 0 Å². The van der Waals surface area contributed by atoms with Crippen LogP contribution >= 0.6 is 11.3 Å². The van der Waals surface area contributed by atoms with Crippen molar-refractivity contribution >= 4 is 33.1 Å². The zero-order valence-corrected chi connectivity index (χ0v) is 18.0. The number of nitrogens with one attached hydrogen (secondary N) is 1. The van der Waals surface area contributed by atoms with Gasteiger partial charge in [-0.25, -0.2) is 4.98 Å². The van der Waals surface area contributed by atoms with Crippen LogP contribution < -0.4 is 5.32 Å². The summed E-state index contributed by atoms with van der Waals surface area (Å²) in [6.45, 7) is 6.74. The highest BCUT2D eigenvalue weighted by Gasteiger charge is 2.24. The summed E-state index contributed by atoms with van der Waals surface area (Å²) >= 11 is 1.82. The molecule has 1 N–H and O–H groups in total. The first-order valence-corrected chi connectivity index (χ1v) is 11.4. The third kappa shape index (κ3) is 4.68. The number of fused-ring (bicyclic) bond motifs is 1. The molecule has 0 unspecified atom stereocenters. The van der Waals surface area contributed by atoms with Gasteiger partial charge in [0.05, 0.1) is 21.8 Å². The highest BCUT2D eigenvalue weighted by Crippen LogP contribution is 2.33. The maximum Gasteiger partial charge on any atom is 0.238 e. The minimum Gasteiger partial charge on any atom is -0.325 e. The van der Waals surface area contributed by atoms with Gasteiger partial charge in [-0.3, -0.25) is 9.69 Å². The van der Waals surface area contributed by atoms with E-state index in [9.17, 15) is 4.79 Å². The van der Waals surface area contributed by atoms with E-state index in [0.717, 1.165) is 43.6 Å². The normalized spacial score (nSPS) is 16.8. The molecule has 4 nitrogen and oxygen atoms in total. The number of nitrogens with zero attached hydrogens (tertiary/aromatic N) is 2. The first-order valence-electron chi connectivity index (χ1n) is 10.6. The van der Waals surface area contributed by atoms with Crippen molar-refractivity contribution in [2.45, 2.75) is 44.9 Å². The van der Waals surface area contributed by atoms with Crippen LogP contribution in [0.3, 0.4) is 0 Å². The minimum absolute atomic E-state index is 0.0826. The molecule has 1 aliphatic heterocycles. The van der Waals surface area contributed by atoms with Crippen LogP contribution in [0.4, 0.5) is 5.69 Å². The van der Waals surface area contributed by atoms with Crippen LogP contribution in [0, 0.1) is 0 Å². The molecule has 0 saturated carbocycles. The van der Waals surface area contributed by atoms with Crippen LogP contribution in [0.15, 0.2) is 48.5 Å². The third-order valence-electron chi connectivity index (χ3n) is 5.99. The number of rotatable bonds is 6. The van der Waals surface area contributed by atoms with Gasteiger partial charge in [0.1, 0.15) is 0 Å². The summed E-state index contributed by atoms with van der Waals surface area (Å²) in [4.78, 5) is 19.8. The molecule has 0 radical (unpaired) electrons. The van der Waals surface area contributed by atoms with E-state index in [1.54, 1.807) is 0 Å². The van der Waals surface area contributed by atoms with Crippen LogP contribution in [-0.2, 0) is 4.79 Å². The quantitative estimate of drug-likeness (QED) is 0.576. The number of hydrogen-bond acceptors (Lipinski definition) is 4. The Hall–Kier alpha value is -2.24. The lowest BCUT2D eigenvalue weighted by atomic mass is 9.96. The molecular weight excluding hydrogens is 378 g/mol. The number of carbonyl (C=O) groups is 1. The second-order valence-corrected chi connectivity index (χ2v) is 9.08. The number of para-hydroxylation sites is 2. The summed E-state index contributed by atoms with van der Waals surface area (Å²) in [5.41, 5.74) is 3.28. The van der Waals surface area contributed by atoms with E-state index in [1.165, 1.54) is 15.3 Å². The van der Waals surface area contributed by atoms with Gasteiger partial charge in [0, 0.05) is 11.6 Å². The molecule has 1 amide bonds. The molecule has 1 fully saturated rings. The summed E-state index contributed by atoms with van der Waals surface area (Å²) in [6.07, 6.45) is 3.19. The number of amides is 1. The predicted octanol–water partition coefficient (Wildman–Crippen LogP) is 5.63. The summed E-state index contributed by atoms with van der Waals surface area (Å²) < 4.78 is 1.27. The van der Waals surface area contributed by atoms with Gasteiger partial charge in [-0.05, 0) is 62.0 Å². The van der Waals surface area contributed by atoms with Crippen LogP contribution in [0.25, 0.3) is 10.2 Å². The molecule has 5 heteroatoms. The van der Waals surface area contributed by atoms with E-state index < -0.39 is 0 Å². The maximum atomic E-state index is 12.6. The Kier molecular flexibility index (Phi) is 6.26. The van der Waals surface area contributed by atoms with Gasteiger partial charge < -0.3 is 5.32 Å². The van der Waals surface area contributed by atoms with Gasteiger partial charge >= 0.3 is 0 Å². The highest BCUT2D eigenvalue weighted by molar-refractivity contribution is 7.18. The van der Waals surface area contributed by atoms with Crippen molar-refractivity contribution in [1.82, 2.24) is 9.88 Å². The molecule has 0 spiro atoms. The summed E-state index contributed by atoms with van der Waals surface area (Å²) in [5.74, 6) is 1.04. The Morgan fingerprint density at radius 2 is 1.90 bits per heavy atom. The zero-order valence-electron chi connectivity index (χ0n) is 17.2. The van der Waals surface area contributed by atoms with Crippen LogP contribution in [0.1, 0.15) is 55.5 Å². The monoisotopic (exact) mass is 407 g/mol. The van der Waals surface area contributed by atoms with E-state index in [0.29, 0.717) is 18.4 Å². The Morgan fingerprint density at radius 3 is 2.66 bits per heavy atom. The van der Waals surface area contributed by atoms with Crippen molar-refractivity contribution in [3.05, 3.63) is 59.1 Å². The molecule has 152 valence electrons. The molecule has 29 heavy (non-hydrogen) atoms. The fourth-order valence-electron chi connectivity index (χ4n) is 4.06. The number of carbonyl (C=O) groups excluding carboxylic acids is 1. The summed E-state index contributed by atoms with van der Waals surface area (Å²) in [6, 6.07) is 16.5. The van der Waals surface area contributed by atoms with Gasteiger partial charge in [-0.1, -0.05) is 44.2 Å². The molecular formula is C24H29N3OS. The number of hydrogen-bond donors (Lipinski definition) is 1. The molecule has 4 rings (SSSR count). The predicted molar refractivity (Wildman–Crippen MR) is 122 cm³/mol. The number of aromatic nitrogens is 1. The number of anilines is 1. The second-order valence-electron chi connectivity index (χ2n) is 8.01. The van der Waals surface area contributed by atoms with E-state index in [1.807, 2.05) is 35.6 Å². The van der Waals surface area contributed by atoms with Gasteiger partial charge in [0.2, 0.25) is 5.91 Å². The topological polar surface area (TPSA) is 45.2 Å². The lowest BCUT2D eigenvalue weighted by Gasteiger charge is -2.30. The average Bonchev–Trinajstić information content (AvgIpc) is 3.18. The Balaban J connectivity index is 1.32. The molecule has 1 saturated heterocycles. The lowest BCUT2D eigenvalue weighted by Crippen LogP contribution is -2.38. The molecule has 1 aromatic heterocycles. The molecule has 3 aromatic rings. The standard InChI is InChI=1S/C24H29N3OS/c1-3-17(2)19-8-4-5-9-20(19)25-23(28)16-27-14-12-18(13-15-27)24-26-21-10-6-7-11-22(21)29-24/h4-11,17-18H,3,12-16H2,1-2H3,(H,25,28)/t17-/m0/s1. The van der Waals surface area contributed by atoms with Crippen molar-refractivity contribution in [3.8, 4) is 0 Å². The Morgan fingerprint density at radius 1 is 1.17 bits per heavy atom. The van der Waals surface area contributed by atoms with Crippen LogP contribution in [0.2, 0.25) is 0 Å². The Labute approximate surface area is 177 Å². The maximum absolute atomic E-state index is 12.6. The van der Waals surface area contributed by atoms with Crippen molar-refractivity contribution in [2.24, 2.45) is 0 Å². The number of piperidine rings is 1. The lowest BCUT2D eigenvalue weighted by molar-refractivity contribution is -0.117. The van der Waals surface area contributed by atoms with Gasteiger partial charge in [-0.2, -0.15) is 0 Å². The largest absolute Gasteiger partial charge is 0.325 e. The SMILES string of the molecule is CC[C@H](C)c1ccccc1NC(=O)CN1CCC(c2nc3ccccc3s2)CC1. The smallest absolute Gasteiger partial charge is 0.238 e. The van der Waals surface area contributed by atoms with Crippen LogP contribution in [-0.4, -0.2) is 35.4 Å². The van der Waals surface area contributed by atoms with E-state index in [4.69, 9.17) is 4.98 Å². The molecule has 1 atom stereocenters. The molecule has 2 aromatic carbocycles. The average molecular weight is 408 g/mol. The first kappa shape index (κ1) is 20.0. The number of likely N-dealkylation sites (tertiary alicyclic amines) is 1. The van der Waals surface area contributed by atoms with Gasteiger partial charge in [-0.15, -0.1) is 11.3 Å². The summed E-state index contributed by atoms with van der Waals surface area (Å²) in [7, 11) is 0. The van der Waals surface area contributed by atoms with E-state index in [2.05, 4.69) is 48.3 Å². The van der Waals surface area contributed by atoms with E-state index in [-0.39, 0.29) is 5.91 Å².